The molecule has 3 rings (SSSR count). The maximum atomic E-state index is 12.5. The van der Waals surface area contributed by atoms with E-state index in [0.717, 1.165) is 0 Å². The number of nitrogens with zero attached hydrogens (tertiary/aromatic N) is 2. The van der Waals surface area contributed by atoms with Gasteiger partial charge in [0, 0.05) is 16.9 Å². The molecule has 9 heteroatoms. The molecule has 0 amide bonds. The quantitative estimate of drug-likeness (QED) is 0.821. The van der Waals surface area contributed by atoms with Gasteiger partial charge in [-0.1, -0.05) is 23.2 Å². The molecule has 0 saturated carbocycles. The minimum Gasteiger partial charge on any atom is -0.299 e. The van der Waals surface area contributed by atoms with Crippen LogP contribution < -0.4 is 5.56 Å². The predicted molar refractivity (Wildman–Crippen MR) is 95.8 cm³/mol. The fraction of sp³-hybridized carbons (Fsp3) is 0.333. The van der Waals surface area contributed by atoms with E-state index in [1.165, 1.54) is 10.9 Å². The number of H-pyrrole nitrogens is 1. The van der Waals surface area contributed by atoms with E-state index < -0.39 is 9.84 Å². The van der Waals surface area contributed by atoms with Gasteiger partial charge in [-0.25, -0.2) is 13.1 Å². The van der Waals surface area contributed by atoms with E-state index in [-0.39, 0.29) is 23.1 Å². The average Bonchev–Trinajstić information content (AvgIpc) is 2.99. The zero-order valence-electron chi connectivity index (χ0n) is 12.8. The molecule has 1 aliphatic heterocycles. The molecular formula is C15H15Cl2N3O3S. The van der Waals surface area contributed by atoms with Gasteiger partial charge in [0.1, 0.15) is 0 Å². The Labute approximate surface area is 149 Å². The van der Waals surface area contributed by atoms with E-state index in [0.29, 0.717) is 33.4 Å². The van der Waals surface area contributed by atoms with E-state index in [4.69, 9.17) is 23.2 Å². The van der Waals surface area contributed by atoms with Gasteiger partial charge in [-0.3, -0.25) is 14.9 Å². The Morgan fingerprint density at radius 1 is 1.38 bits per heavy atom. The normalized spacial score (nSPS) is 20.0. The zero-order valence-corrected chi connectivity index (χ0v) is 15.1. The number of aliphatic imine (C=N–C) groups is 1. The van der Waals surface area contributed by atoms with Gasteiger partial charge < -0.3 is 0 Å². The van der Waals surface area contributed by atoms with Crippen LogP contribution in [0.4, 0.5) is 5.69 Å². The lowest BCUT2D eigenvalue weighted by Gasteiger charge is -2.07. The first-order valence-electron chi connectivity index (χ1n) is 7.27. The first kappa shape index (κ1) is 17.3. The van der Waals surface area contributed by atoms with Crippen molar-refractivity contribution >= 4 is 44.9 Å². The SMILES string of the molecule is Cc1[nH]n([C@H]2CCS(=O)(=O)C2)c(=O)c1C=Nc1ccc(Cl)cc1Cl. The van der Waals surface area contributed by atoms with Gasteiger partial charge in [0.05, 0.1) is 33.8 Å². The molecule has 0 aliphatic carbocycles. The first-order valence-corrected chi connectivity index (χ1v) is 9.85. The van der Waals surface area contributed by atoms with Gasteiger partial charge in [0.15, 0.2) is 9.84 Å². The fourth-order valence-electron chi connectivity index (χ4n) is 2.69. The Morgan fingerprint density at radius 3 is 2.75 bits per heavy atom. The molecule has 2 aromatic rings. The second-order valence-electron chi connectivity index (χ2n) is 5.74. The van der Waals surface area contributed by atoms with Crippen LogP contribution in [-0.4, -0.2) is 35.9 Å². The average molecular weight is 388 g/mol. The highest BCUT2D eigenvalue weighted by molar-refractivity contribution is 7.91. The lowest BCUT2D eigenvalue weighted by atomic mass is 10.2. The molecule has 24 heavy (non-hydrogen) atoms. The van der Waals surface area contributed by atoms with Crippen LogP contribution in [0.5, 0.6) is 0 Å². The standard InChI is InChI=1S/C15H15Cl2N3O3S/c1-9-12(7-18-14-3-2-10(16)6-13(14)17)15(21)20(19-9)11-4-5-24(22,23)8-11/h2-3,6-7,11,19H,4-5,8H2,1H3/t11-/m0/s1. The van der Waals surface area contributed by atoms with Crippen LogP contribution in [-0.2, 0) is 9.84 Å². The van der Waals surface area contributed by atoms with Crippen LogP contribution in [0.3, 0.4) is 0 Å². The molecule has 1 N–H and O–H groups in total. The number of aromatic nitrogens is 2. The van der Waals surface area contributed by atoms with Gasteiger partial charge in [0.25, 0.3) is 5.56 Å². The molecule has 1 aliphatic rings. The van der Waals surface area contributed by atoms with Crippen LogP contribution in [0, 0.1) is 6.92 Å². The molecule has 1 fully saturated rings. The van der Waals surface area contributed by atoms with E-state index in [9.17, 15) is 13.2 Å². The molecule has 0 bridgehead atoms. The molecule has 1 atom stereocenters. The second kappa shape index (κ2) is 6.38. The van der Waals surface area contributed by atoms with Crippen molar-refractivity contribution in [2.45, 2.75) is 19.4 Å². The van der Waals surface area contributed by atoms with Crippen LogP contribution in [0.2, 0.25) is 10.0 Å². The van der Waals surface area contributed by atoms with Crippen molar-refractivity contribution in [3.05, 3.63) is 49.9 Å². The summed E-state index contributed by atoms with van der Waals surface area (Å²) in [4.78, 5) is 16.8. The number of hydrogen-bond donors (Lipinski definition) is 1. The summed E-state index contributed by atoms with van der Waals surface area (Å²) < 4.78 is 24.6. The number of rotatable bonds is 3. The van der Waals surface area contributed by atoms with Gasteiger partial charge in [-0.05, 0) is 31.5 Å². The molecule has 1 saturated heterocycles. The topological polar surface area (TPSA) is 84.3 Å². The van der Waals surface area contributed by atoms with Crippen LogP contribution in [0.1, 0.15) is 23.7 Å². The summed E-state index contributed by atoms with van der Waals surface area (Å²) in [5.74, 6) is 0.0818. The van der Waals surface area contributed by atoms with E-state index in [1.54, 1.807) is 25.1 Å². The third kappa shape index (κ3) is 3.43. The molecule has 0 unspecified atom stereocenters. The van der Waals surface area contributed by atoms with Crippen molar-refractivity contribution in [2.24, 2.45) is 4.99 Å². The number of aryl methyl sites for hydroxylation is 1. The number of hydrogen-bond acceptors (Lipinski definition) is 4. The highest BCUT2D eigenvalue weighted by Crippen LogP contribution is 2.28. The van der Waals surface area contributed by atoms with Crippen molar-refractivity contribution in [1.82, 2.24) is 9.78 Å². The minimum absolute atomic E-state index is 0.0214. The van der Waals surface area contributed by atoms with Crippen molar-refractivity contribution in [3.8, 4) is 0 Å². The molecule has 128 valence electrons. The molecular weight excluding hydrogens is 373 g/mol. The molecule has 0 radical (unpaired) electrons. The number of benzene rings is 1. The highest BCUT2D eigenvalue weighted by Gasteiger charge is 2.31. The van der Waals surface area contributed by atoms with Gasteiger partial charge in [-0.15, -0.1) is 0 Å². The van der Waals surface area contributed by atoms with Gasteiger partial charge in [-0.2, -0.15) is 0 Å². The molecule has 2 heterocycles. The summed E-state index contributed by atoms with van der Waals surface area (Å²) in [6.07, 6.45) is 1.87. The molecule has 1 aromatic heterocycles. The predicted octanol–water partition coefficient (Wildman–Crippen LogP) is 2.90. The number of aromatic amines is 1. The lowest BCUT2D eigenvalue weighted by Crippen LogP contribution is -2.25. The third-order valence-corrected chi connectivity index (χ3v) is 6.25. The van der Waals surface area contributed by atoms with Crippen molar-refractivity contribution in [1.29, 1.82) is 0 Å². The Bertz CT molecular complexity index is 976. The summed E-state index contributed by atoms with van der Waals surface area (Å²) in [6.45, 7) is 1.74. The van der Waals surface area contributed by atoms with Gasteiger partial charge >= 0.3 is 0 Å². The summed E-state index contributed by atoms with van der Waals surface area (Å²) in [6, 6.07) is 4.53. The Kier molecular flexibility index (Phi) is 4.59. The number of nitrogens with one attached hydrogen (secondary N) is 1. The second-order valence-corrected chi connectivity index (χ2v) is 8.81. The zero-order chi connectivity index (χ0) is 17.5. The van der Waals surface area contributed by atoms with E-state index in [2.05, 4.69) is 10.1 Å². The fourth-order valence-corrected chi connectivity index (χ4v) is 4.85. The number of halogens is 2. The van der Waals surface area contributed by atoms with E-state index >= 15 is 0 Å². The van der Waals surface area contributed by atoms with Crippen LogP contribution >= 0.6 is 23.2 Å². The van der Waals surface area contributed by atoms with Crippen LogP contribution in [0.15, 0.2) is 28.0 Å². The van der Waals surface area contributed by atoms with Gasteiger partial charge in [0.2, 0.25) is 0 Å². The molecule has 6 nitrogen and oxygen atoms in total. The Balaban J connectivity index is 1.92. The van der Waals surface area contributed by atoms with Crippen molar-refractivity contribution < 1.29 is 8.42 Å². The largest absolute Gasteiger partial charge is 0.299 e. The third-order valence-electron chi connectivity index (χ3n) is 3.96. The lowest BCUT2D eigenvalue weighted by molar-refractivity contribution is 0.483. The van der Waals surface area contributed by atoms with Crippen LogP contribution in [0.25, 0.3) is 0 Å². The summed E-state index contributed by atoms with van der Waals surface area (Å²) in [5.41, 5.74) is 1.21. The minimum atomic E-state index is -3.07. The Hall–Kier alpha value is -1.57. The highest BCUT2D eigenvalue weighted by atomic mass is 35.5. The van der Waals surface area contributed by atoms with Crippen molar-refractivity contribution in [2.75, 3.05) is 11.5 Å². The Morgan fingerprint density at radius 2 is 2.12 bits per heavy atom. The summed E-state index contributed by atoms with van der Waals surface area (Å²) in [7, 11) is -3.07. The molecule has 0 spiro atoms. The number of sulfone groups is 1. The summed E-state index contributed by atoms with van der Waals surface area (Å²) >= 11 is 11.9. The maximum Gasteiger partial charge on any atom is 0.275 e. The maximum absolute atomic E-state index is 12.5. The monoisotopic (exact) mass is 387 g/mol. The van der Waals surface area contributed by atoms with E-state index in [1.807, 2.05) is 0 Å². The van der Waals surface area contributed by atoms with Crippen molar-refractivity contribution in [3.63, 3.8) is 0 Å². The smallest absolute Gasteiger partial charge is 0.275 e. The molecule has 1 aromatic carbocycles. The summed E-state index contributed by atoms with van der Waals surface area (Å²) in [5, 5.41) is 3.83. The first-order chi connectivity index (χ1) is 11.3.